The highest BCUT2D eigenvalue weighted by Crippen LogP contribution is 2.34. The summed E-state index contributed by atoms with van der Waals surface area (Å²) in [7, 11) is 2.19. The van der Waals surface area contributed by atoms with Crippen LogP contribution in [-0.2, 0) is 4.79 Å². The molecule has 0 aromatic carbocycles. The van der Waals surface area contributed by atoms with Crippen molar-refractivity contribution in [3.8, 4) is 0 Å². The molecule has 0 amide bonds. The zero-order valence-corrected chi connectivity index (χ0v) is 10.6. The topological polar surface area (TPSA) is 54.4 Å². The van der Waals surface area contributed by atoms with Gasteiger partial charge in [-0.2, -0.15) is 0 Å². The van der Waals surface area contributed by atoms with Gasteiger partial charge in [0.2, 0.25) is 0 Å². The number of carbonyl (C=O) groups is 2. The molecular weight excluding hydrogens is 240 g/mol. The van der Waals surface area contributed by atoms with E-state index in [9.17, 15) is 9.59 Å². The number of carboxylic acids is 1. The SMILES string of the molecule is CCCC(SSC(=O)SCC)C(=O)O. The highest BCUT2D eigenvalue weighted by Gasteiger charge is 2.19. The number of carboxylic acid groups (broad SMARTS) is 1. The van der Waals surface area contributed by atoms with E-state index in [-0.39, 0.29) is 4.45 Å². The lowest BCUT2D eigenvalue weighted by Gasteiger charge is -2.08. The van der Waals surface area contributed by atoms with Gasteiger partial charge in [-0.3, -0.25) is 9.59 Å². The molecule has 0 aliphatic carbocycles. The molecule has 1 N–H and O–H groups in total. The van der Waals surface area contributed by atoms with Crippen LogP contribution in [0, 0.1) is 0 Å². The first-order valence-corrected chi connectivity index (χ1v) is 7.54. The predicted octanol–water partition coefficient (Wildman–Crippen LogP) is 3.49. The van der Waals surface area contributed by atoms with E-state index in [1.54, 1.807) is 0 Å². The van der Waals surface area contributed by atoms with Crippen molar-refractivity contribution >= 4 is 43.8 Å². The number of aliphatic carboxylic acids is 1. The largest absolute Gasteiger partial charge is 0.480 e. The Balaban J connectivity index is 3.81. The third kappa shape index (κ3) is 6.62. The highest BCUT2D eigenvalue weighted by molar-refractivity contribution is 8.86. The molecule has 0 aliphatic heterocycles. The van der Waals surface area contributed by atoms with Crippen LogP contribution in [0.1, 0.15) is 26.7 Å². The lowest BCUT2D eigenvalue weighted by molar-refractivity contribution is -0.136. The van der Waals surface area contributed by atoms with Gasteiger partial charge < -0.3 is 5.11 Å². The predicted molar refractivity (Wildman–Crippen MR) is 65.0 cm³/mol. The van der Waals surface area contributed by atoms with Crippen LogP contribution < -0.4 is 0 Å². The summed E-state index contributed by atoms with van der Waals surface area (Å²) in [6.45, 7) is 3.83. The minimum atomic E-state index is -0.835. The average Bonchev–Trinajstić information content (AvgIpc) is 2.12. The molecular formula is C8H14O3S3. The molecule has 0 radical (unpaired) electrons. The van der Waals surface area contributed by atoms with Gasteiger partial charge >= 0.3 is 5.97 Å². The van der Waals surface area contributed by atoms with Gasteiger partial charge in [0, 0.05) is 0 Å². The van der Waals surface area contributed by atoms with Crippen molar-refractivity contribution in [3.05, 3.63) is 0 Å². The van der Waals surface area contributed by atoms with Crippen molar-refractivity contribution < 1.29 is 14.7 Å². The van der Waals surface area contributed by atoms with Crippen molar-refractivity contribution in [2.24, 2.45) is 0 Å². The Kier molecular flexibility index (Phi) is 8.61. The number of thioether (sulfide) groups is 1. The van der Waals surface area contributed by atoms with Crippen LogP contribution in [0.3, 0.4) is 0 Å². The van der Waals surface area contributed by atoms with Gasteiger partial charge in [-0.05, 0) is 23.0 Å². The Bertz CT molecular complexity index is 196. The Morgan fingerprint density at radius 2 is 2.00 bits per heavy atom. The minimum absolute atomic E-state index is 0.0140. The van der Waals surface area contributed by atoms with E-state index in [0.717, 1.165) is 33.8 Å². The zero-order chi connectivity index (χ0) is 11.0. The molecule has 0 heterocycles. The number of carbonyl (C=O) groups excluding carboxylic acids is 1. The summed E-state index contributed by atoms with van der Waals surface area (Å²) in [5, 5.41) is 8.33. The zero-order valence-electron chi connectivity index (χ0n) is 8.19. The van der Waals surface area contributed by atoms with Gasteiger partial charge in [0.05, 0.1) is 0 Å². The van der Waals surface area contributed by atoms with Gasteiger partial charge in [-0.25, -0.2) is 0 Å². The standard InChI is InChI=1S/C8H14O3S3/c1-3-5-6(7(9)10)13-14-8(11)12-4-2/h6H,3-5H2,1-2H3,(H,9,10). The first-order chi connectivity index (χ1) is 6.61. The maximum atomic E-state index is 11.1. The van der Waals surface area contributed by atoms with Crippen LogP contribution in [0.5, 0.6) is 0 Å². The molecule has 14 heavy (non-hydrogen) atoms. The van der Waals surface area contributed by atoms with Crippen molar-refractivity contribution in [3.63, 3.8) is 0 Å². The van der Waals surface area contributed by atoms with E-state index in [1.165, 1.54) is 11.8 Å². The monoisotopic (exact) mass is 254 g/mol. The van der Waals surface area contributed by atoms with Crippen molar-refractivity contribution in [1.82, 2.24) is 0 Å². The molecule has 0 aliphatic rings. The summed E-state index contributed by atoms with van der Waals surface area (Å²) >= 11 is 1.21. The molecule has 82 valence electrons. The smallest absolute Gasteiger partial charge is 0.317 e. The summed E-state index contributed by atoms with van der Waals surface area (Å²) < 4.78 is -0.0140. The molecule has 0 aromatic rings. The first kappa shape index (κ1) is 14.2. The van der Waals surface area contributed by atoms with E-state index in [4.69, 9.17) is 5.11 Å². The average molecular weight is 254 g/mol. The van der Waals surface area contributed by atoms with Gasteiger partial charge in [-0.15, -0.1) is 0 Å². The Morgan fingerprint density at radius 1 is 1.36 bits per heavy atom. The molecule has 0 rings (SSSR count). The van der Waals surface area contributed by atoms with Crippen molar-refractivity contribution in [2.45, 2.75) is 31.9 Å². The molecule has 0 saturated heterocycles. The molecule has 0 aromatic heterocycles. The molecule has 0 saturated carbocycles. The number of rotatable bonds is 6. The fourth-order valence-corrected chi connectivity index (χ4v) is 4.01. The summed E-state index contributed by atoms with van der Waals surface area (Å²) in [6, 6.07) is 0. The molecule has 0 bridgehead atoms. The number of hydrogen-bond donors (Lipinski definition) is 1. The maximum Gasteiger partial charge on any atom is 0.317 e. The van der Waals surface area contributed by atoms with Gasteiger partial charge in [0.15, 0.2) is 0 Å². The summed E-state index contributed by atoms with van der Waals surface area (Å²) in [4.78, 5) is 21.8. The van der Waals surface area contributed by atoms with Crippen LogP contribution in [-0.4, -0.2) is 26.5 Å². The summed E-state index contributed by atoms with van der Waals surface area (Å²) in [5.41, 5.74) is 0. The van der Waals surface area contributed by atoms with Crippen molar-refractivity contribution in [2.75, 3.05) is 5.75 Å². The van der Waals surface area contributed by atoms with E-state index in [0.29, 0.717) is 6.42 Å². The molecule has 0 spiro atoms. The fraction of sp³-hybridized carbons (Fsp3) is 0.750. The van der Waals surface area contributed by atoms with Gasteiger partial charge in [0.25, 0.3) is 4.45 Å². The van der Waals surface area contributed by atoms with Crippen LogP contribution in [0.15, 0.2) is 0 Å². The number of hydrogen-bond acceptors (Lipinski definition) is 5. The quantitative estimate of drug-likeness (QED) is 0.732. The second kappa shape index (κ2) is 8.49. The van der Waals surface area contributed by atoms with Crippen LogP contribution in [0.2, 0.25) is 0 Å². The Morgan fingerprint density at radius 3 is 2.43 bits per heavy atom. The highest BCUT2D eigenvalue weighted by atomic mass is 33.1. The minimum Gasteiger partial charge on any atom is -0.480 e. The lowest BCUT2D eigenvalue weighted by atomic mass is 10.2. The molecule has 6 heteroatoms. The van der Waals surface area contributed by atoms with E-state index in [2.05, 4.69) is 0 Å². The molecule has 0 fully saturated rings. The maximum absolute atomic E-state index is 11.1. The molecule has 3 nitrogen and oxygen atoms in total. The Hall–Kier alpha value is 0.190. The van der Waals surface area contributed by atoms with Crippen LogP contribution in [0.25, 0.3) is 0 Å². The second-order valence-corrected chi connectivity index (χ2v) is 6.35. The normalized spacial score (nSPS) is 12.4. The third-order valence-corrected chi connectivity index (χ3v) is 5.11. The Labute approximate surface area is 96.2 Å². The van der Waals surface area contributed by atoms with Crippen LogP contribution in [0.4, 0.5) is 4.79 Å². The van der Waals surface area contributed by atoms with Gasteiger partial charge in [0.1, 0.15) is 5.25 Å². The van der Waals surface area contributed by atoms with E-state index < -0.39 is 11.2 Å². The first-order valence-electron chi connectivity index (χ1n) is 4.34. The lowest BCUT2D eigenvalue weighted by Crippen LogP contribution is -2.14. The fourth-order valence-electron chi connectivity index (χ4n) is 0.714. The van der Waals surface area contributed by atoms with Crippen molar-refractivity contribution in [1.29, 1.82) is 0 Å². The third-order valence-electron chi connectivity index (χ3n) is 1.32. The van der Waals surface area contributed by atoms with E-state index in [1.807, 2.05) is 13.8 Å². The second-order valence-electron chi connectivity index (χ2n) is 2.48. The van der Waals surface area contributed by atoms with E-state index >= 15 is 0 Å². The van der Waals surface area contributed by atoms with Gasteiger partial charge in [-0.1, -0.05) is 42.8 Å². The molecule has 1 atom stereocenters. The van der Waals surface area contributed by atoms with Crippen LogP contribution >= 0.6 is 33.3 Å². The summed E-state index contributed by atoms with van der Waals surface area (Å²) in [5.74, 6) is -0.101. The summed E-state index contributed by atoms with van der Waals surface area (Å²) in [6.07, 6.45) is 1.43. The molecule has 1 unspecified atom stereocenters.